The van der Waals surface area contributed by atoms with E-state index >= 15 is 0 Å². The fourth-order valence-electron chi connectivity index (χ4n) is 2.81. The van der Waals surface area contributed by atoms with Gasteiger partial charge in [-0.25, -0.2) is 13.4 Å². The Kier molecular flexibility index (Phi) is 7.34. The number of ether oxygens (including phenoxy) is 1. The zero-order chi connectivity index (χ0) is 24.1. The van der Waals surface area contributed by atoms with Crippen LogP contribution in [-0.4, -0.2) is 47.6 Å². The van der Waals surface area contributed by atoms with Crippen LogP contribution in [0.2, 0.25) is 0 Å². The van der Waals surface area contributed by atoms with E-state index in [4.69, 9.17) is 9.15 Å². The van der Waals surface area contributed by atoms with Crippen molar-refractivity contribution in [1.82, 2.24) is 15.2 Å². The Morgan fingerprint density at radius 1 is 1.15 bits per heavy atom. The molecule has 0 bridgehead atoms. The summed E-state index contributed by atoms with van der Waals surface area (Å²) < 4.78 is 37.8. The minimum Gasteiger partial charge on any atom is -0.494 e. The van der Waals surface area contributed by atoms with Gasteiger partial charge in [0.05, 0.1) is 28.3 Å². The van der Waals surface area contributed by atoms with E-state index in [1.165, 1.54) is 11.3 Å². The Hall–Kier alpha value is -3.16. The Bertz CT molecular complexity index is 1400. The molecule has 2 N–H and O–H groups in total. The van der Waals surface area contributed by atoms with Crippen molar-refractivity contribution in [3.05, 3.63) is 42.5 Å². The number of nitrogens with one attached hydrogen (secondary N) is 2. The van der Waals surface area contributed by atoms with Crippen LogP contribution in [0.25, 0.3) is 21.7 Å². The fraction of sp³-hybridized carbons (Fsp3) is 0.238. The fourth-order valence-corrected chi connectivity index (χ4v) is 4.93. The van der Waals surface area contributed by atoms with E-state index in [9.17, 15) is 13.2 Å². The van der Waals surface area contributed by atoms with Crippen molar-refractivity contribution in [2.24, 2.45) is 0 Å². The van der Waals surface area contributed by atoms with Gasteiger partial charge in [0, 0.05) is 11.3 Å². The van der Waals surface area contributed by atoms with Gasteiger partial charge in [-0.1, -0.05) is 23.1 Å². The number of hydrogen-bond acceptors (Lipinski definition) is 10. The number of thioether (sulfide) groups is 1. The first kappa shape index (κ1) is 24.0. The van der Waals surface area contributed by atoms with Gasteiger partial charge >= 0.3 is 0 Å². The third kappa shape index (κ3) is 6.04. The Morgan fingerprint density at radius 3 is 2.68 bits per heavy atom. The molecule has 0 saturated heterocycles. The van der Waals surface area contributed by atoms with Gasteiger partial charge in [-0.3, -0.25) is 9.52 Å². The summed E-state index contributed by atoms with van der Waals surface area (Å²) in [6, 6.07) is 12.2. The largest absolute Gasteiger partial charge is 0.494 e. The van der Waals surface area contributed by atoms with Gasteiger partial charge in [-0.2, -0.15) is 0 Å². The van der Waals surface area contributed by atoms with E-state index < -0.39 is 10.0 Å². The third-order valence-electron chi connectivity index (χ3n) is 4.44. The van der Waals surface area contributed by atoms with Crippen molar-refractivity contribution >= 4 is 60.1 Å². The number of aromatic nitrogens is 3. The second-order valence-corrected chi connectivity index (χ2v) is 10.8. The average Bonchev–Trinajstić information content (AvgIpc) is 3.44. The van der Waals surface area contributed by atoms with E-state index in [0.717, 1.165) is 27.7 Å². The highest BCUT2D eigenvalue weighted by Crippen LogP contribution is 2.30. The van der Waals surface area contributed by atoms with Crippen LogP contribution in [0.5, 0.6) is 5.75 Å². The van der Waals surface area contributed by atoms with Gasteiger partial charge in [0.2, 0.25) is 21.8 Å². The summed E-state index contributed by atoms with van der Waals surface area (Å²) in [6.07, 6.45) is 0. The molecule has 4 aromatic rings. The SMILES string of the molecule is CCOc1ccc2nc(NC(=O)CSc3nnc(-c4ccc(NS(=O)(=O)CC)cc4)o3)sc2c1. The number of anilines is 2. The third-order valence-corrected chi connectivity index (χ3v) is 7.49. The number of benzene rings is 2. The van der Waals surface area contributed by atoms with Crippen LogP contribution >= 0.6 is 23.1 Å². The predicted molar refractivity (Wildman–Crippen MR) is 133 cm³/mol. The van der Waals surface area contributed by atoms with E-state index in [-0.39, 0.29) is 28.5 Å². The lowest BCUT2D eigenvalue weighted by molar-refractivity contribution is -0.113. The number of carbonyl (C=O) groups is 1. The van der Waals surface area contributed by atoms with Crippen molar-refractivity contribution < 1.29 is 22.4 Å². The number of rotatable bonds is 10. The van der Waals surface area contributed by atoms with Crippen LogP contribution in [-0.2, 0) is 14.8 Å². The second-order valence-electron chi connectivity index (χ2n) is 6.87. The summed E-state index contributed by atoms with van der Waals surface area (Å²) in [4.78, 5) is 16.8. The molecule has 4 rings (SSSR count). The molecule has 13 heteroatoms. The molecule has 0 aliphatic rings. The van der Waals surface area contributed by atoms with Crippen LogP contribution in [0.4, 0.5) is 10.8 Å². The number of sulfonamides is 1. The van der Waals surface area contributed by atoms with Crippen molar-refractivity contribution in [3.8, 4) is 17.2 Å². The molecular formula is C21H21N5O5S3. The summed E-state index contributed by atoms with van der Waals surface area (Å²) >= 11 is 2.47. The standard InChI is InChI=1S/C21H21N5O5S3/c1-3-30-15-9-10-16-17(11-15)33-20(22-16)23-18(27)12-32-21-25-24-19(31-21)13-5-7-14(8-6-13)26-34(28,29)4-2/h5-11,26H,3-4,12H2,1-2H3,(H,22,23,27). The zero-order valence-corrected chi connectivity index (χ0v) is 20.7. The number of amides is 1. The van der Waals surface area contributed by atoms with Crippen LogP contribution in [0.1, 0.15) is 13.8 Å². The van der Waals surface area contributed by atoms with Gasteiger partial charge in [-0.15, -0.1) is 10.2 Å². The highest BCUT2D eigenvalue weighted by atomic mass is 32.2. The highest BCUT2D eigenvalue weighted by molar-refractivity contribution is 7.99. The molecule has 178 valence electrons. The quantitative estimate of drug-likeness (QED) is 0.295. The Balaban J connectivity index is 1.33. The first-order valence-corrected chi connectivity index (χ1v) is 13.7. The maximum Gasteiger partial charge on any atom is 0.277 e. The number of hydrogen-bond donors (Lipinski definition) is 2. The molecule has 2 aromatic heterocycles. The molecule has 0 aliphatic carbocycles. The van der Waals surface area contributed by atoms with Crippen molar-refractivity contribution in [1.29, 1.82) is 0 Å². The second kappa shape index (κ2) is 10.4. The van der Waals surface area contributed by atoms with Crippen molar-refractivity contribution in [3.63, 3.8) is 0 Å². The predicted octanol–water partition coefficient (Wildman–Crippen LogP) is 4.24. The van der Waals surface area contributed by atoms with Crippen LogP contribution in [0.15, 0.2) is 52.1 Å². The van der Waals surface area contributed by atoms with E-state index in [0.29, 0.717) is 23.0 Å². The molecular weight excluding hydrogens is 498 g/mol. The smallest absolute Gasteiger partial charge is 0.277 e. The van der Waals surface area contributed by atoms with Crippen molar-refractivity contribution in [2.75, 3.05) is 28.2 Å². The minimum absolute atomic E-state index is 0.0135. The monoisotopic (exact) mass is 519 g/mol. The van der Waals surface area contributed by atoms with Gasteiger partial charge in [0.25, 0.3) is 5.22 Å². The molecule has 0 radical (unpaired) electrons. The number of carbonyl (C=O) groups excluding carboxylic acids is 1. The topological polar surface area (TPSA) is 136 Å². The maximum absolute atomic E-state index is 12.3. The molecule has 2 aromatic carbocycles. The molecule has 0 spiro atoms. The summed E-state index contributed by atoms with van der Waals surface area (Å²) in [7, 11) is -3.35. The first-order chi connectivity index (χ1) is 16.3. The van der Waals surface area contributed by atoms with Gasteiger partial charge < -0.3 is 14.5 Å². The molecule has 0 fully saturated rings. The van der Waals surface area contributed by atoms with Crippen molar-refractivity contribution in [2.45, 2.75) is 19.1 Å². The Labute approximate surface area is 204 Å². The number of nitrogens with zero attached hydrogens (tertiary/aromatic N) is 3. The molecule has 1 amide bonds. The van der Waals surface area contributed by atoms with E-state index in [1.807, 2.05) is 25.1 Å². The summed E-state index contributed by atoms with van der Waals surface area (Å²) in [6.45, 7) is 4.06. The van der Waals surface area contributed by atoms with Crippen LogP contribution in [0.3, 0.4) is 0 Å². The zero-order valence-electron chi connectivity index (χ0n) is 18.3. The number of thiazole rings is 1. The number of fused-ring (bicyclic) bond motifs is 1. The van der Waals surface area contributed by atoms with Gasteiger partial charge in [-0.05, 0) is 56.3 Å². The average molecular weight is 520 g/mol. The lowest BCUT2D eigenvalue weighted by Crippen LogP contribution is -2.14. The van der Waals surface area contributed by atoms with Gasteiger partial charge in [0.1, 0.15) is 5.75 Å². The highest BCUT2D eigenvalue weighted by Gasteiger charge is 2.14. The van der Waals surface area contributed by atoms with E-state index in [1.54, 1.807) is 31.2 Å². The summed E-state index contributed by atoms with van der Waals surface area (Å²) in [5.41, 5.74) is 1.86. The normalized spacial score (nSPS) is 11.5. The lowest BCUT2D eigenvalue weighted by atomic mass is 10.2. The molecule has 0 atom stereocenters. The van der Waals surface area contributed by atoms with Crippen LogP contribution in [0, 0.1) is 0 Å². The molecule has 2 heterocycles. The van der Waals surface area contributed by atoms with Crippen LogP contribution < -0.4 is 14.8 Å². The molecule has 0 unspecified atom stereocenters. The molecule has 10 nitrogen and oxygen atoms in total. The van der Waals surface area contributed by atoms with E-state index in [2.05, 4.69) is 25.2 Å². The van der Waals surface area contributed by atoms with Gasteiger partial charge in [0.15, 0.2) is 5.13 Å². The Morgan fingerprint density at radius 2 is 1.94 bits per heavy atom. The maximum atomic E-state index is 12.3. The summed E-state index contributed by atoms with van der Waals surface area (Å²) in [5, 5.41) is 11.5. The first-order valence-electron chi connectivity index (χ1n) is 10.3. The summed E-state index contributed by atoms with van der Waals surface area (Å²) in [5.74, 6) is 0.835. The minimum atomic E-state index is -3.35. The molecule has 0 aliphatic heterocycles. The molecule has 0 saturated carbocycles. The lowest BCUT2D eigenvalue weighted by Gasteiger charge is -2.05. The molecule has 34 heavy (non-hydrogen) atoms.